The van der Waals surface area contributed by atoms with Crippen molar-refractivity contribution in [1.82, 2.24) is 15.1 Å². The third-order valence-electron chi connectivity index (χ3n) is 3.71. The lowest BCUT2D eigenvalue weighted by molar-refractivity contribution is 0.269. The van der Waals surface area contributed by atoms with Gasteiger partial charge in [-0.2, -0.15) is 5.10 Å². The second-order valence-corrected chi connectivity index (χ2v) is 5.46. The van der Waals surface area contributed by atoms with Crippen LogP contribution < -0.4 is 5.32 Å². The minimum Gasteiger partial charge on any atom is -0.394 e. The first-order chi connectivity index (χ1) is 8.22. The van der Waals surface area contributed by atoms with Gasteiger partial charge < -0.3 is 10.4 Å². The van der Waals surface area contributed by atoms with Crippen LogP contribution in [0, 0.1) is 5.41 Å². The van der Waals surface area contributed by atoms with Crippen LogP contribution in [-0.2, 0) is 13.1 Å². The molecule has 96 valence electrons. The highest BCUT2D eigenvalue weighted by molar-refractivity contribution is 5.03. The second-order valence-electron chi connectivity index (χ2n) is 5.46. The van der Waals surface area contributed by atoms with Gasteiger partial charge in [0.25, 0.3) is 0 Å². The molecular formula is C13H23N3O. The van der Waals surface area contributed by atoms with Crippen LogP contribution in [0.2, 0.25) is 0 Å². The van der Waals surface area contributed by atoms with Gasteiger partial charge in [-0.15, -0.1) is 0 Å². The molecule has 0 aliphatic heterocycles. The Kier molecular flexibility index (Phi) is 4.18. The number of aliphatic hydroxyl groups is 1. The summed E-state index contributed by atoms with van der Waals surface area (Å²) in [5.41, 5.74) is 1.70. The van der Waals surface area contributed by atoms with Crippen molar-refractivity contribution in [2.45, 2.75) is 45.7 Å². The van der Waals surface area contributed by atoms with Crippen molar-refractivity contribution in [1.29, 1.82) is 0 Å². The minimum atomic E-state index is 0.145. The van der Waals surface area contributed by atoms with E-state index in [4.69, 9.17) is 5.11 Å². The number of aliphatic hydroxyl groups excluding tert-OH is 1. The molecule has 0 radical (unpaired) electrons. The topological polar surface area (TPSA) is 50.1 Å². The lowest BCUT2D eigenvalue weighted by atomic mass is 9.89. The SMILES string of the molecule is CC1(CNCc2cnn(CCO)c2)CCCC1. The fourth-order valence-corrected chi connectivity index (χ4v) is 2.64. The van der Waals surface area contributed by atoms with Gasteiger partial charge in [0.1, 0.15) is 0 Å². The molecule has 1 aliphatic rings. The van der Waals surface area contributed by atoms with Crippen molar-refractivity contribution >= 4 is 0 Å². The van der Waals surface area contributed by atoms with Crippen LogP contribution in [0.5, 0.6) is 0 Å². The van der Waals surface area contributed by atoms with Crippen LogP contribution in [0.1, 0.15) is 38.2 Å². The van der Waals surface area contributed by atoms with E-state index in [9.17, 15) is 0 Å². The molecule has 2 N–H and O–H groups in total. The van der Waals surface area contributed by atoms with Crippen LogP contribution >= 0.6 is 0 Å². The first-order valence-corrected chi connectivity index (χ1v) is 6.55. The number of aromatic nitrogens is 2. The second kappa shape index (κ2) is 5.65. The Morgan fingerprint density at radius 3 is 2.94 bits per heavy atom. The number of nitrogens with one attached hydrogen (secondary N) is 1. The van der Waals surface area contributed by atoms with E-state index < -0.39 is 0 Å². The van der Waals surface area contributed by atoms with Gasteiger partial charge in [-0.3, -0.25) is 4.68 Å². The summed E-state index contributed by atoms with van der Waals surface area (Å²) in [4.78, 5) is 0. The Morgan fingerprint density at radius 1 is 1.47 bits per heavy atom. The monoisotopic (exact) mass is 237 g/mol. The largest absolute Gasteiger partial charge is 0.394 e. The van der Waals surface area contributed by atoms with Crippen LogP contribution in [0.4, 0.5) is 0 Å². The van der Waals surface area contributed by atoms with Crippen LogP contribution in [-0.4, -0.2) is 28.0 Å². The number of hydrogen-bond acceptors (Lipinski definition) is 3. The standard InChI is InChI=1S/C13H23N3O/c1-13(4-2-3-5-13)11-14-8-12-9-15-16(10-12)6-7-17/h9-10,14,17H,2-8,11H2,1H3. The molecule has 0 amide bonds. The van der Waals surface area contributed by atoms with E-state index in [0.717, 1.165) is 13.1 Å². The van der Waals surface area contributed by atoms with Gasteiger partial charge in [-0.1, -0.05) is 19.8 Å². The number of rotatable bonds is 6. The van der Waals surface area contributed by atoms with Crippen molar-refractivity contribution in [2.75, 3.05) is 13.2 Å². The Morgan fingerprint density at radius 2 is 2.24 bits per heavy atom. The molecule has 1 aromatic rings. The van der Waals surface area contributed by atoms with Crippen molar-refractivity contribution in [2.24, 2.45) is 5.41 Å². The summed E-state index contributed by atoms with van der Waals surface area (Å²) in [6, 6.07) is 0. The highest BCUT2D eigenvalue weighted by Gasteiger charge is 2.27. The van der Waals surface area contributed by atoms with Crippen molar-refractivity contribution in [3.05, 3.63) is 18.0 Å². The Bertz CT molecular complexity index is 342. The van der Waals surface area contributed by atoms with Crippen molar-refractivity contribution in [3.8, 4) is 0 Å². The van der Waals surface area contributed by atoms with Crippen LogP contribution in [0.15, 0.2) is 12.4 Å². The summed E-state index contributed by atoms with van der Waals surface area (Å²) < 4.78 is 1.79. The molecule has 1 saturated carbocycles. The van der Waals surface area contributed by atoms with E-state index >= 15 is 0 Å². The van der Waals surface area contributed by atoms with Crippen LogP contribution in [0.3, 0.4) is 0 Å². The lowest BCUT2D eigenvalue weighted by Gasteiger charge is -2.23. The molecular weight excluding hydrogens is 214 g/mol. The molecule has 17 heavy (non-hydrogen) atoms. The molecule has 0 aromatic carbocycles. The highest BCUT2D eigenvalue weighted by atomic mass is 16.3. The number of hydrogen-bond donors (Lipinski definition) is 2. The average molecular weight is 237 g/mol. The predicted molar refractivity (Wildman–Crippen MR) is 67.6 cm³/mol. The summed E-state index contributed by atoms with van der Waals surface area (Å²) >= 11 is 0. The van der Waals surface area contributed by atoms with Crippen molar-refractivity contribution < 1.29 is 5.11 Å². The molecule has 0 spiro atoms. The zero-order chi connectivity index (χ0) is 12.1. The Balaban J connectivity index is 1.73. The van der Waals surface area contributed by atoms with Gasteiger partial charge in [-0.05, 0) is 18.3 Å². The van der Waals surface area contributed by atoms with Gasteiger partial charge in [0.15, 0.2) is 0 Å². The molecule has 2 rings (SSSR count). The van der Waals surface area contributed by atoms with E-state index in [2.05, 4.69) is 17.3 Å². The third-order valence-corrected chi connectivity index (χ3v) is 3.71. The Hall–Kier alpha value is -0.870. The number of nitrogens with zero attached hydrogens (tertiary/aromatic N) is 2. The molecule has 0 saturated heterocycles. The highest BCUT2D eigenvalue weighted by Crippen LogP contribution is 2.36. The first-order valence-electron chi connectivity index (χ1n) is 6.55. The minimum absolute atomic E-state index is 0.145. The fraction of sp³-hybridized carbons (Fsp3) is 0.769. The molecule has 1 aliphatic carbocycles. The van der Waals surface area contributed by atoms with Gasteiger partial charge in [0.2, 0.25) is 0 Å². The molecule has 0 unspecified atom stereocenters. The first kappa shape index (κ1) is 12.6. The molecule has 0 atom stereocenters. The summed E-state index contributed by atoms with van der Waals surface area (Å²) in [5.74, 6) is 0. The maximum absolute atomic E-state index is 8.81. The molecule has 1 aromatic heterocycles. The average Bonchev–Trinajstić information content (AvgIpc) is 2.90. The molecule has 4 heteroatoms. The van der Waals surface area contributed by atoms with E-state index in [1.54, 1.807) is 4.68 Å². The normalized spacial score (nSPS) is 18.7. The molecule has 0 bridgehead atoms. The predicted octanol–water partition coefficient (Wildman–Crippen LogP) is 1.55. The molecule has 1 fully saturated rings. The zero-order valence-electron chi connectivity index (χ0n) is 10.7. The maximum atomic E-state index is 8.81. The third kappa shape index (κ3) is 3.54. The van der Waals surface area contributed by atoms with E-state index in [1.807, 2.05) is 12.4 Å². The quantitative estimate of drug-likeness (QED) is 0.789. The lowest BCUT2D eigenvalue weighted by Crippen LogP contribution is -2.29. The van der Waals surface area contributed by atoms with E-state index in [0.29, 0.717) is 12.0 Å². The van der Waals surface area contributed by atoms with E-state index in [1.165, 1.54) is 31.2 Å². The summed E-state index contributed by atoms with van der Waals surface area (Å²) in [5, 5.41) is 16.5. The maximum Gasteiger partial charge on any atom is 0.0640 e. The molecule has 4 nitrogen and oxygen atoms in total. The van der Waals surface area contributed by atoms with Crippen molar-refractivity contribution in [3.63, 3.8) is 0 Å². The van der Waals surface area contributed by atoms with Gasteiger partial charge in [0, 0.05) is 24.8 Å². The van der Waals surface area contributed by atoms with Gasteiger partial charge in [-0.25, -0.2) is 0 Å². The van der Waals surface area contributed by atoms with E-state index in [-0.39, 0.29) is 6.61 Å². The summed E-state index contributed by atoms with van der Waals surface area (Å²) in [6.07, 6.45) is 9.34. The Labute approximate surface area is 103 Å². The van der Waals surface area contributed by atoms with Gasteiger partial charge in [0.05, 0.1) is 19.3 Å². The molecule has 1 heterocycles. The van der Waals surface area contributed by atoms with Crippen LogP contribution in [0.25, 0.3) is 0 Å². The fourth-order valence-electron chi connectivity index (χ4n) is 2.64. The zero-order valence-corrected chi connectivity index (χ0v) is 10.7. The summed E-state index contributed by atoms with van der Waals surface area (Å²) in [7, 11) is 0. The smallest absolute Gasteiger partial charge is 0.0640 e. The van der Waals surface area contributed by atoms with Gasteiger partial charge >= 0.3 is 0 Å². The summed E-state index contributed by atoms with van der Waals surface area (Å²) in [6.45, 7) is 5.08.